The molecule has 0 aliphatic carbocycles. The third-order valence-corrected chi connectivity index (χ3v) is 4.81. The maximum Gasteiger partial charge on any atom is 0.0743 e. The Labute approximate surface area is 145 Å². The van der Waals surface area contributed by atoms with Crippen LogP contribution in [0.15, 0.2) is 71.4 Å². The molecule has 0 spiro atoms. The summed E-state index contributed by atoms with van der Waals surface area (Å²) < 4.78 is 0. The van der Waals surface area contributed by atoms with E-state index in [1.807, 2.05) is 0 Å². The molecule has 1 aliphatic rings. The highest BCUT2D eigenvalue weighted by atomic mass is 15.1. The van der Waals surface area contributed by atoms with E-state index in [2.05, 4.69) is 93.4 Å². The zero-order valence-corrected chi connectivity index (χ0v) is 15.0. The molecule has 0 fully saturated rings. The number of para-hydroxylation sites is 1. The fourth-order valence-electron chi connectivity index (χ4n) is 3.28. The van der Waals surface area contributed by atoms with E-state index in [0.717, 1.165) is 12.1 Å². The van der Waals surface area contributed by atoms with E-state index in [1.54, 1.807) is 0 Å². The second kappa shape index (κ2) is 7.04. The number of anilines is 1. The first-order valence-corrected chi connectivity index (χ1v) is 8.73. The Balaban J connectivity index is 2.25. The predicted octanol–water partition coefficient (Wildman–Crippen LogP) is 5.29. The molecule has 1 atom stereocenters. The summed E-state index contributed by atoms with van der Waals surface area (Å²) in [6, 6.07) is 19.4. The molecule has 2 aromatic carbocycles. The molecule has 0 radical (unpaired) electrons. The molecule has 2 heteroatoms. The van der Waals surface area contributed by atoms with Crippen LogP contribution < -0.4 is 4.90 Å². The van der Waals surface area contributed by atoms with Crippen molar-refractivity contribution in [1.29, 1.82) is 0 Å². The highest BCUT2D eigenvalue weighted by Crippen LogP contribution is 2.32. The molecule has 3 rings (SSSR count). The first-order valence-electron chi connectivity index (χ1n) is 8.73. The number of aliphatic imine (C=N–C) groups is 1. The van der Waals surface area contributed by atoms with Crippen LogP contribution in [0.5, 0.6) is 0 Å². The van der Waals surface area contributed by atoms with Gasteiger partial charge in [0.15, 0.2) is 0 Å². The Bertz CT molecular complexity index is 757. The number of benzene rings is 2. The zero-order chi connectivity index (χ0) is 17.1. The minimum atomic E-state index is 0.280. The third kappa shape index (κ3) is 3.14. The van der Waals surface area contributed by atoms with Crippen molar-refractivity contribution in [2.24, 2.45) is 10.9 Å². The molecule has 0 saturated carbocycles. The van der Waals surface area contributed by atoms with Crippen molar-refractivity contribution in [3.05, 3.63) is 77.5 Å². The van der Waals surface area contributed by atoms with Gasteiger partial charge in [0.05, 0.1) is 17.4 Å². The van der Waals surface area contributed by atoms with Gasteiger partial charge in [0.25, 0.3) is 0 Å². The van der Waals surface area contributed by atoms with Crippen LogP contribution in [0.4, 0.5) is 5.69 Å². The van der Waals surface area contributed by atoms with Crippen molar-refractivity contribution in [3.63, 3.8) is 0 Å². The molecule has 0 N–H and O–H groups in total. The first-order chi connectivity index (χ1) is 11.6. The monoisotopic (exact) mass is 318 g/mol. The molecular formula is C22H26N2. The quantitative estimate of drug-likeness (QED) is 0.734. The summed E-state index contributed by atoms with van der Waals surface area (Å²) >= 11 is 0. The van der Waals surface area contributed by atoms with Crippen LogP contribution >= 0.6 is 0 Å². The summed E-state index contributed by atoms with van der Waals surface area (Å²) in [5.41, 5.74) is 6.04. The van der Waals surface area contributed by atoms with Crippen molar-refractivity contribution < 1.29 is 0 Å². The van der Waals surface area contributed by atoms with E-state index in [1.165, 1.54) is 22.5 Å². The van der Waals surface area contributed by atoms with E-state index in [9.17, 15) is 0 Å². The van der Waals surface area contributed by atoms with Crippen LogP contribution in [0.1, 0.15) is 38.3 Å². The molecule has 1 unspecified atom stereocenters. The maximum absolute atomic E-state index is 5.23. The number of fused-ring (bicyclic) bond motifs is 1. The van der Waals surface area contributed by atoms with Gasteiger partial charge in [-0.25, -0.2) is 0 Å². The minimum absolute atomic E-state index is 0.280. The highest BCUT2D eigenvalue weighted by molar-refractivity contribution is 6.16. The Kier molecular flexibility index (Phi) is 4.84. The Morgan fingerprint density at radius 3 is 2.38 bits per heavy atom. The van der Waals surface area contributed by atoms with Gasteiger partial charge in [0.1, 0.15) is 0 Å². The van der Waals surface area contributed by atoms with Crippen LogP contribution in [0.3, 0.4) is 0 Å². The van der Waals surface area contributed by atoms with Gasteiger partial charge in [-0.15, -0.1) is 0 Å². The third-order valence-electron chi connectivity index (χ3n) is 4.81. The lowest BCUT2D eigenvalue weighted by Gasteiger charge is -2.32. The van der Waals surface area contributed by atoms with E-state index < -0.39 is 0 Å². The van der Waals surface area contributed by atoms with E-state index in [-0.39, 0.29) is 6.04 Å². The molecule has 0 aromatic heterocycles. The van der Waals surface area contributed by atoms with Crippen molar-refractivity contribution in [2.75, 3.05) is 11.9 Å². The lowest BCUT2D eigenvalue weighted by molar-refractivity contribution is 0.487. The fourth-order valence-corrected chi connectivity index (χ4v) is 3.28. The smallest absolute Gasteiger partial charge is 0.0743 e. The number of nitrogens with zero attached hydrogens (tertiary/aromatic N) is 2. The summed E-state index contributed by atoms with van der Waals surface area (Å²) in [6.45, 7) is 6.64. The van der Waals surface area contributed by atoms with Gasteiger partial charge in [0.2, 0.25) is 0 Å². The number of hydrogen-bond acceptors (Lipinski definition) is 2. The average Bonchev–Trinajstić information content (AvgIpc) is 2.61. The molecule has 124 valence electrons. The first kappa shape index (κ1) is 16.5. The molecule has 1 aliphatic heterocycles. The summed E-state index contributed by atoms with van der Waals surface area (Å²) in [4.78, 5) is 7.55. The van der Waals surface area contributed by atoms with E-state index in [4.69, 9.17) is 4.99 Å². The second-order valence-corrected chi connectivity index (χ2v) is 6.72. The maximum atomic E-state index is 5.23. The number of rotatable bonds is 2. The van der Waals surface area contributed by atoms with E-state index in [0.29, 0.717) is 5.92 Å². The highest BCUT2D eigenvalue weighted by Gasteiger charge is 2.24. The topological polar surface area (TPSA) is 15.6 Å². The van der Waals surface area contributed by atoms with Gasteiger partial charge in [-0.1, -0.05) is 68.5 Å². The SMILES string of the molecule is C/C=C1\CC(C(C)C)N=C(c2ccccc2)c2ccccc2N1C. The largest absolute Gasteiger partial charge is 0.348 e. The molecule has 2 nitrogen and oxygen atoms in total. The van der Waals surface area contributed by atoms with Crippen molar-refractivity contribution in [2.45, 2.75) is 33.2 Å². The van der Waals surface area contributed by atoms with Crippen molar-refractivity contribution in [3.8, 4) is 0 Å². The second-order valence-electron chi connectivity index (χ2n) is 6.72. The van der Waals surface area contributed by atoms with Crippen LogP contribution in [0, 0.1) is 5.92 Å². The molecule has 0 saturated heterocycles. The van der Waals surface area contributed by atoms with Gasteiger partial charge in [-0.3, -0.25) is 4.99 Å². The molecule has 0 bridgehead atoms. The van der Waals surface area contributed by atoms with Crippen LogP contribution in [-0.4, -0.2) is 18.8 Å². The van der Waals surface area contributed by atoms with Crippen LogP contribution in [0.25, 0.3) is 0 Å². The summed E-state index contributed by atoms with van der Waals surface area (Å²) in [6.07, 6.45) is 3.19. The number of allylic oxidation sites excluding steroid dienone is 1. The molecular weight excluding hydrogens is 292 g/mol. The average molecular weight is 318 g/mol. The van der Waals surface area contributed by atoms with Gasteiger partial charge in [-0.2, -0.15) is 0 Å². The minimum Gasteiger partial charge on any atom is -0.348 e. The van der Waals surface area contributed by atoms with Gasteiger partial charge >= 0.3 is 0 Å². The standard InChI is InChI=1S/C22H26N2/c1-5-18-15-20(16(2)3)23-22(17-11-7-6-8-12-17)19-13-9-10-14-21(19)24(18)4/h5-14,16,20H,15H2,1-4H3/b18-5+,23-22?. The lowest BCUT2D eigenvalue weighted by Crippen LogP contribution is -2.28. The van der Waals surface area contributed by atoms with Crippen LogP contribution in [-0.2, 0) is 0 Å². The predicted molar refractivity (Wildman–Crippen MR) is 104 cm³/mol. The zero-order valence-electron chi connectivity index (χ0n) is 15.0. The molecule has 1 heterocycles. The lowest BCUT2D eigenvalue weighted by atomic mass is 9.93. The fraction of sp³-hybridized carbons (Fsp3) is 0.318. The number of hydrogen-bond donors (Lipinski definition) is 0. The summed E-state index contributed by atoms with van der Waals surface area (Å²) in [5, 5.41) is 0. The molecule has 24 heavy (non-hydrogen) atoms. The van der Waals surface area contributed by atoms with Gasteiger partial charge < -0.3 is 4.90 Å². The van der Waals surface area contributed by atoms with Gasteiger partial charge in [-0.05, 0) is 18.9 Å². The summed E-state index contributed by atoms with van der Waals surface area (Å²) in [7, 11) is 2.17. The Hall–Kier alpha value is -2.35. The van der Waals surface area contributed by atoms with Crippen molar-refractivity contribution in [1.82, 2.24) is 0 Å². The van der Waals surface area contributed by atoms with Crippen molar-refractivity contribution >= 4 is 11.4 Å². The van der Waals surface area contributed by atoms with Gasteiger partial charge in [0, 0.05) is 30.3 Å². The molecule has 2 aromatic rings. The van der Waals surface area contributed by atoms with E-state index >= 15 is 0 Å². The Morgan fingerprint density at radius 2 is 1.71 bits per heavy atom. The molecule has 0 amide bonds. The Morgan fingerprint density at radius 1 is 1.04 bits per heavy atom. The normalized spacial score (nSPS) is 19.7. The summed E-state index contributed by atoms with van der Waals surface area (Å²) in [5.74, 6) is 0.498. The van der Waals surface area contributed by atoms with Crippen LogP contribution in [0.2, 0.25) is 0 Å².